The van der Waals surface area contributed by atoms with Crippen LogP contribution in [0.1, 0.15) is 18.5 Å². The van der Waals surface area contributed by atoms with E-state index in [0.717, 1.165) is 5.56 Å². The first-order chi connectivity index (χ1) is 10.2. The summed E-state index contributed by atoms with van der Waals surface area (Å²) in [6.45, 7) is 2.48. The molecule has 0 bridgehead atoms. The van der Waals surface area contributed by atoms with Gasteiger partial charge >= 0.3 is 0 Å². The molecule has 0 aromatic heterocycles. The largest absolute Gasteiger partial charge is 0.490 e. The van der Waals surface area contributed by atoms with E-state index in [1.165, 1.54) is 0 Å². The number of hydrogen-bond donors (Lipinski definition) is 2. The van der Waals surface area contributed by atoms with E-state index in [0.29, 0.717) is 29.5 Å². The van der Waals surface area contributed by atoms with Crippen molar-refractivity contribution in [2.75, 3.05) is 11.9 Å². The van der Waals surface area contributed by atoms with Crippen LogP contribution in [-0.2, 0) is 4.79 Å². The number of para-hydroxylation sites is 2. The first-order valence-corrected chi connectivity index (χ1v) is 6.79. The van der Waals surface area contributed by atoms with E-state index in [1.54, 1.807) is 18.2 Å². The molecule has 0 saturated carbocycles. The summed E-state index contributed by atoms with van der Waals surface area (Å²) in [5.74, 6) is 1.74. The molecule has 5 heteroatoms. The molecule has 1 aliphatic rings. The Morgan fingerprint density at radius 1 is 1.19 bits per heavy atom. The first kappa shape index (κ1) is 13.5. The van der Waals surface area contributed by atoms with Crippen LogP contribution >= 0.6 is 0 Å². The van der Waals surface area contributed by atoms with Crippen LogP contribution in [0.3, 0.4) is 0 Å². The van der Waals surface area contributed by atoms with E-state index in [4.69, 9.17) is 15.2 Å². The van der Waals surface area contributed by atoms with Gasteiger partial charge in [0, 0.05) is 17.3 Å². The van der Waals surface area contributed by atoms with Crippen molar-refractivity contribution in [1.29, 1.82) is 0 Å². The first-order valence-electron chi connectivity index (χ1n) is 6.79. The average Bonchev–Trinajstić information content (AvgIpc) is 2.76. The molecule has 1 aliphatic heterocycles. The number of benzene rings is 2. The molecule has 3 rings (SSSR count). The van der Waals surface area contributed by atoms with Crippen LogP contribution in [0.15, 0.2) is 42.5 Å². The Morgan fingerprint density at radius 3 is 2.71 bits per heavy atom. The molecule has 2 aromatic carbocycles. The van der Waals surface area contributed by atoms with Crippen LogP contribution in [0.2, 0.25) is 0 Å². The lowest BCUT2D eigenvalue weighted by atomic mass is 10.1. The van der Waals surface area contributed by atoms with Gasteiger partial charge in [-0.2, -0.15) is 0 Å². The molecule has 1 unspecified atom stereocenters. The zero-order valence-electron chi connectivity index (χ0n) is 11.6. The number of rotatable bonds is 4. The Morgan fingerprint density at radius 2 is 1.95 bits per heavy atom. The average molecular weight is 284 g/mol. The number of carbonyl (C=O) groups excluding carboxylic acids is 1. The summed E-state index contributed by atoms with van der Waals surface area (Å²) in [4.78, 5) is 11.5. The SMILES string of the molecule is CCOc1ccccc1Oc1ccc2c(c1)NC(=O)C2N. The van der Waals surface area contributed by atoms with Crippen molar-refractivity contribution in [3.63, 3.8) is 0 Å². The minimum atomic E-state index is -0.607. The van der Waals surface area contributed by atoms with E-state index < -0.39 is 6.04 Å². The number of fused-ring (bicyclic) bond motifs is 1. The highest BCUT2D eigenvalue weighted by atomic mass is 16.5. The predicted molar refractivity (Wildman–Crippen MR) is 79.7 cm³/mol. The van der Waals surface area contributed by atoms with E-state index in [-0.39, 0.29) is 5.91 Å². The molecule has 0 fully saturated rings. The standard InChI is InChI=1S/C16H16N2O3/c1-2-20-13-5-3-4-6-14(13)21-10-7-8-11-12(9-10)18-16(19)15(11)17/h3-9,15H,2,17H2,1H3,(H,18,19). The van der Waals surface area contributed by atoms with Gasteiger partial charge in [-0.3, -0.25) is 4.79 Å². The Labute approximate surface area is 122 Å². The van der Waals surface area contributed by atoms with E-state index in [9.17, 15) is 4.79 Å². The number of nitrogens with two attached hydrogens (primary N) is 1. The summed E-state index contributed by atoms with van der Waals surface area (Å²) in [5.41, 5.74) is 7.26. The summed E-state index contributed by atoms with van der Waals surface area (Å²) in [6, 6.07) is 12.2. The molecule has 1 atom stereocenters. The second-order valence-electron chi connectivity index (χ2n) is 4.70. The zero-order valence-corrected chi connectivity index (χ0v) is 11.6. The van der Waals surface area contributed by atoms with Crippen LogP contribution in [0.5, 0.6) is 17.2 Å². The van der Waals surface area contributed by atoms with Gasteiger partial charge in [-0.1, -0.05) is 18.2 Å². The third-order valence-electron chi connectivity index (χ3n) is 3.28. The van der Waals surface area contributed by atoms with Gasteiger partial charge < -0.3 is 20.5 Å². The van der Waals surface area contributed by atoms with Crippen molar-refractivity contribution in [1.82, 2.24) is 0 Å². The molecule has 5 nitrogen and oxygen atoms in total. The Kier molecular flexibility index (Phi) is 3.50. The monoisotopic (exact) mass is 284 g/mol. The molecule has 3 N–H and O–H groups in total. The van der Waals surface area contributed by atoms with E-state index in [2.05, 4.69) is 5.32 Å². The van der Waals surface area contributed by atoms with Crippen molar-refractivity contribution in [3.05, 3.63) is 48.0 Å². The summed E-state index contributed by atoms with van der Waals surface area (Å²) in [6.07, 6.45) is 0. The second kappa shape index (κ2) is 5.46. The lowest BCUT2D eigenvalue weighted by molar-refractivity contribution is -0.116. The number of carbonyl (C=O) groups is 1. The number of amides is 1. The predicted octanol–water partition coefficient (Wildman–Crippen LogP) is 2.83. The van der Waals surface area contributed by atoms with Crippen molar-refractivity contribution < 1.29 is 14.3 Å². The fourth-order valence-electron chi connectivity index (χ4n) is 2.27. The van der Waals surface area contributed by atoms with Crippen LogP contribution in [0, 0.1) is 0 Å². The zero-order chi connectivity index (χ0) is 14.8. The molecule has 0 spiro atoms. The Hall–Kier alpha value is -2.53. The van der Waals surface area contributed by atoms with Gasteiger partial charge in [0.2, 0.25) is 5.91 Å². The fraction of sp³-hybridized carbons (Fsp3) is 0.188. The molecule has 0 aliphatic carbocycles. The van der Waals surface area contributed by atoms with Crippen molar-refractivity contribution >= 4 is 11.6 Å². The number of nitrogens with one attached hydrogen (secondary N) is 1. The smallest absolute Gasteiger partial charge is 0.245 e. The van der Waals surface area contributed by atoms with Crippen LogP contribution in [-0.4, -0.2) is 12.5 Å². The molecule has 2 aromatic rings. The van der Waals surface area contributed by atoms with Crippen molar-refractivity contribution in [2.45, 2.75) is 13.0 Å². The van der Waals surface area contributed by atoms with E-state index >= 15 is 0 Å². The maximum atomic E-state index is 11.5. The van der Waals surface area contributed by atoms with Gasteiger partial charge in [0.1, 0.15) is 11.8 Å². The van der Waals surface area contributed by atoms with Crippen molar-refractivity contribution in [3.8, 4) is 17.2 Å². The minimum Gasteiger partial charge on any atom is -0.490 e. The third kappa shape index (κ3) is 2.55. The topological polar surface area (TPSA) is 73.6 Å². The molecule has 1 heterocycles. The summed E-state index contributed by atoms with van der Waals surface area (Å²) in [7, 11) is 0. The van der Waals surface area contributed by atoms with E-state index in [1.807, 2.05) is 31.2 Å². The lowest BCUT2D eigenvalue weighted by Gasteiger charge is -2.12. The van der Waals surface area contributed by atoms with Gasteiger partial charge in [0.25, 0.3) is 0 Å². The van der Waals surface area contributed by atoms with Crippen LogP contribution < -0.4 is 20.5 Å². The molecule has 108 valence electrons. The number of anilines is 1. The highest BCUT2D eigenvalue weighted by Gasteiger charge is 2.27. The molecule has 0 radical (unpaired) electrons. The Bertz CT molecular complexity index is 685. The fourth-order valence-corrected chi connectivity index (χ4v) is 2.27. The van der Waals surface area contributed by atoms with Gasteiger partial charge in [-0.25, -0.2) is 0 Å². The van der Waals surface area contributed by atoms with Gasteiger partial charge in [-0.05, 0) is 25.1 Å². The highest BCUT2D eigenvalue weighted by molar-refractivity contribution is 6.02. The van der Waals surface area contributed by atoms with Crippen LogP contribution in [0.25, 0.3) is 0 Å². The van der Waals surface area contributed by atoms with Crippen molar-refractivity contribution in [2.24, 2.45) is 5.73 Å². The summed E-state index contributed by atoms with van der Waals surface area (Å²) in [5, 5.41) is 2.74. The third-order valence-corrected chi connectivity index (χ3v) is 3.28. The molecule has 1 amide bonds. The summed E-state index contributed by atoms with van der Waals surface area (Å²) < 4.78 is 11.4. The number of ether oxygens (including phenoxy) is 2. The van der Waals surface area contributed by atoms with Gasteiger partial charge in [-0.15, -0.1) is 0 Å². The highest BCUT2D eigenvalue weighted by Crippen LogP contribution is 2.36. The molecular weight excluding hydrogens is 268 g/mol. The van der Waals surface area contributed by atoms with Crippen LogP contribution in [0.4, 0.5) is 5.69 Å². The summed E-state index contributed by atoms with van der Waals surface area (Å²) >= 11 is 0. The van der Waals surface area contributed by atoms with Gasteiger partial charge in [0.15, 0.2) is 11.5 Å². The Balaban J connectivity index is 1.87. The molecular formula is C16H16N2O3. The molecule has 21 heavy (non-hydrogen) atoms. The number of hydrogen-bond acceptors (Lipinski definition) is 4. The second-order valence-corrected chi connectivity index (χ2v) is 4.70. The maximum Gasteiger partial charge on any atom is 0.245 e. The normalized spacial score (nSPS) is 16.3. The lowest BCUT2D eigenvalue weighted by Crippen LogP contribution is -2.19. The minimum absolute atomic E-state index is 0.197. The van der Waals surface area contributed by atoms with Gasteiger partial charge in [0.05, 0.1) is 6.61 Å². The quantitative estimate of drug-likeness (QED) is 0.905. The maximum absolute atomic E-state index is 11.5. The molecule has 0 saturated heterocycles.